The van der Waals surface area contributed by atoms with Gasteiger partial charge in [0, 0.05) is 12.6 Å². The van der Waals surface area contributed by atoms with E-state index >= 15 is 0 Å². The molecule has 7 heteroatoms. The molecule has 1 aromatic rings. The van der Waals surface area contributed by atoms with E-state index in [0.717, 1.165) is 4.90 Å². The van der Waals surface area contributed by atoms with Gasteiger partial charge in [-0.25, -0.2) is 0 Å². The maximum Gasteiger partial charge on any atom is 0.325 e. The van der Waals surface area contributed by atoms with E-state index in [-0.39, 0.29) is 12.5 Å². The lowest BCUT2D eigenvalue weighted by Gasteiger charge is -2.34. The molecule has 0 spiro atoms. The number of amides is 2. The van der Waals surface area contributed by atoms with E-state index in [1.807, 2.05) is 6.07 Å². The molecule has 7 nitrogen and oxygen atoms in total. The van der Waals surface area contributed by atoms with Crippen molar-refractivity contribution in [3.63, 3.8) is 0 Å². The van der Waals surface area contributed by atoms with Crippen LogP contribution in [0.1, 0.15) is 37.9 Å². The molecule has 26 heavy (non-hydrogen) atoms. The third-order valence-electron chi connectivity index (χ3n) is 5.67. The van der Waals surface area contributed by atoms with Crippen LogP contribution in [0.15, 0.2) is 24.3 Å². The molecule has 0 aromatic heterocycles. The van der Waals surface area contributed by atoms with Crippen molar-refractivity contribution < 1.29 is 19.5 Å². The zero-order valence-corrected chi connectivity index (χ0v) is 14.9. The van der Waals surface area contributed by atoms with Crippen LogP contribution in [0.3, 0.4) is 0 Å². The van der Waals surface area contributed by atoms with Gasteiger partial charge in [0.05, 0.1) is 23.5 Å². The second-order valence-electron chi connectivity index (χ2n) is 7.11. The number of carbonyl (C=O) groups excluding carboxylic acids is 2. The molecule has 2 aliphatic heterocycles. The Bertz CT molecular complexity index is 811. The van der Waals surface area contributed by atoms with Crippen molar-refractivity contribution in [3.05, 3.63) is 35.4 Å². The number of nitriles is 1. The van der Waals surface area contributed by atoms with E-state index in [1.165, 1.54) is 0 Å². The van der Waals surface area contributed by atoms with Crippen LogP contribution in [-0.4, -0.2) is 39.9 Å². The van der Waals surface area contributed by atoms with Crippen LogP contribution in [0.5, 0.6) is 0 Å². The highest BCUT2D eigenvalue weighted by Gasteiger charge is 2.69. The first-order valence-corrected chi connectivity index (χ1v) is 8.65. The summed E-state index contributed by atoms with van der Waals surface area (Å²) in [6.07, 6.45) is 0. The molecular weight excluding hydrogens is 334 g/mol. The van der Waals surface area contributed by atoms with Crippen molar-refractivity contribution in [3.8, 4) is 6.07 Å². The second-order valence-corrected chi connectivity index (χ2v) is 7.11. The highest BCUT2D eigenvalue weighted by Crippen LogP contribution is 2.51. The molecule has 0 bridgehead atoms. The molecule has 0 aliphatic carbocycles. The maximum absolute atomic E-state index is 12.9. The first-order chi connectivity index (χ1) is 12.3. The van der Waals surface area contributed by atoms with Crippen LogP contribution in [0, 0.1) is 29.1 Å². The zero-order chi connectivity index (χ0) is 19.2. The van der Waals surface area contributed by atoms with Crippen molar-refractivity contribution >= 4 is 17.8 Å². The monoisotopic (exact) mass is 355 g/mol. The molecule has 136 valence electrons. The van der Waals surface area contributed by atoms with Gasteiger partial charge < -0.3 is 5.11 Å². The number of carboxylic acids is 1. The number of rotatable bonds is 4. The Morgan fingerprint density at radius 1 is 1.31 bits per heavy atom. The Morgan fingerprint density at radius 3 is 2.38 bits per heavy atom. The van der Waals surface area contributed by atoms with Gasteiger partial charge in [-0.2, -0.15) is 5.26 Å². The number of likely N-dealkylation sites (tertiary alicyclic amines) is 1. The van der Waals surface area contributed by atoms with Gasteiger partial charge in [0.1, 0.15) is 5.54 Å². The number of imide groups is 1. The molecule has 2 N–H and O–H groups in total. The smallest absolute Gasteiger partial charge is 0.325 e. The number of aliphatic carboxylic acids is 1. The molecule has 1 aromatic carbocycles. The summed E-state index contributed by atoms with van der Waals surface area (Å²) in [5.41, 5.74) is -0.345. The number of hydrogen-bond donors (Lipinski definition) is 2. The Balaban J connectivity index is 2.15. The Kier molecular flexibility index (Phi) is 4.32. The standard InChI is InChI=1S/C19H21N3O4/c1-4-22-16(23)13-14(17(22)24)19(10(2)3,18(25)26)21-15(13)12-7-5-11(9-20)6-8-12/h5-8,10,13-15,21H,4H2,1-3H3,(H,25,26). The average molecular weight is 355 g/mol. The summed E-state index contributed by atoms with van der Waals surface area (Å²) < 4.78 is 0. The molecule has 4 unspecified atom stereocenters. The fourth-order valence-electron chi connectivity index (χ4n) is 4.34. The van der Waals surface area contributed by atoms with Crippen LogP contribution >= 0.6 is 0 Å². The van der Waals surface area contributed by atoms with E-state index in [1.54, 1.807) is 45.0 Å². The molecular formula is C19H21N3O4. The van der Waals surface area contributed by atoms with Crippen molar-refractivity contribution in [1.82, 2.24) is 10.2 Å². The minimum atomic E-state index is -1.51. The lowest BCUT2D eigenvalue weighted by atomic mass is 9.73. The number of hydrogen-bond acceptors (Lipinski definition) is 5. The summed E-state index contributed by atoms with van der Waals surface area (Å²) in [7, 11) is 0. The third-order valence-corrected chi connectivity index (χ3v) is 5.67. The first kappa shape index (κ1) is 18.1. The second kappa shape index (κ2) is 6.22. The van der Waals surface area contributed by atoms with Gasteiger partial charge in [0.15, 0.2) is 0 Å². The van der Waals surface area contributed by atoms with E-state index < -0.39 is 41.2 Å². The van der Waals surface area contributed by atoms with Crippen LogP contribution in [0.4, 0.5) is 0 Å². The number of benzene rings is 1. The Labute approximate surface area is 151 Å². The Morgan fingerprint density at radius 2 is 1.92 bits per heavy atom. The van der Waals surface area contributed by atoms with E-state index in [0.29, 0.717) is 11.1 Å². The van der Waals surface area contributed by atoms with Crippen LogP contribution in [0.2, 0.25) is 0 Å². The summed E-state index contributed by atoms with van der Waals surface area (Å²) in [4.78, 5) is 39.2. The van der Waals surface area contributed by atoms with Crippen molar-refractivity contribution in [2.24, 2.45) is 17.8 Å². The van der Waals surface area contributed by atoms with Gasteiger partial charge >= 0.3 is 5.97 Å². The lowest BCUT2D eigenvalue weighted by molar-refractivity contribution is -0.153. The normalized spacial score (nSPS) is 30.6. The molecule has 2 saturated heterocycles. The zero-order valence-electron chi connectivity index (χ0n) is 14.9. The van der Waals surface area contributed by atoms with Gasteiger partial charge in [0.25, 0.3) is 0 Å². The average Bonchev–Trinajstić information content (AvgIpc) is 3.10. The minimum Gasteiger partial charge on any atom is -0.480 e. The topological polar surface area (TPSA) is 110 Å². The van der Waals surface area contributed by atoms with Crippen molar-refractivity contribution in [2.75, 3.05) is 6.54 Å². The van der Waals surface area contributed by atoms with Crippen LogP contribution in [0.25, 0.3) is 0 Å². The van der Waals surface area contributed by atoms with Crippen molar-refractivity contribution in [1.29, 1.82) is 5.26 Å². The SMILES string of the molecule is CCN1C(=O)C2C(c3ccc(C#N)cc3)NC(C(=O)O)(C(C)C)C2C1=O. The first-order valence-electron chi connectivity index (χ1n) is 8.65. The molecule has 2 aliphatic rings. The van der Waals surface area contributed by atoms with Crippen molar-refractivity contribution in [2.45, 2.75) is 32.4 Å². The fraction of sp³-hybridized carbons (Fsp3) is 0.474. The van der Waals surface area contributed by atoms with E-state index in [9.17, 15) is 19.5 Å². The Hall–Kier alpha value is -2.72. The molecule has 2 heterocycles. The molecule has 0 saturated carbocycles. The predicted octanol–water partition coefficient (Wildman–Crippen LogP) is 1.30. The molecule has 3 rings (SSSR count). The van der Waals surface area contributed by atoms with Crippen LogP contribution in [-0.2, 0) is 14.4 Å². The predicted molar refractivity (Wildman–Crippen MR) is 91.6 cm³/mol. The third kappa shape index (κ3) is 2.26. The van der Waals surface area contributed by atoms with Gasteiger partial charge in [-0.3, -0.25) is 24.6 Å². The van der Waals surface area contributed by atoms with E-state index in [2.05, 4.69) is 5.32 Å². The number of nitrogens with zero attached hydrogens (tertiary/aromatic N) is 2. The molecule has 4 atom stereocenters. The summed E-state index contributed by atoms with van der Waals surface area (Å²) in [6.45, 7) is 5.41. The maximum atomic E-state index is 12.9. The highest BCUT2D eigenvalue weighted by molar-refractivity contribution is 6.09. The van der Waals surface area contributed by atoms with Gasteiger partial charge in [-0.05, 0) is 30.5 Å². The number of carboxylic acid groups (broad SMARTS) is 1. The summed E-state index contributed by atoms with van der Waals surface area (Å²) >= 11 is 0. The summed E-state index contributed by atoms with van der Waals surface area (Å²) in [5, 5.41) is 22.1. The highest BCUT2D eigenvalue weighted by atomic mass is 16.4. The quantitative estimate of drug-likeness (QED) is 0.788. The number of fused-ring (bicyclic) bond motifs is 1. The van der Waals surface area contributed by atoms with Gasteiger partial charge in [0.2, 0.25) is 11.8 Å². The number of carbonyl (C=O) groups is 3. The molecule has 2 amide bonds. The van der Waals surface area contributed by atoms with Crippen LogP contribution < -0.4 is 5.32 Å². The molecule has 0 radical (unpaired) electrons. The van der Waals surface area contributed by atoms with Gasteiger partial charge in [-0.15, -0.1) is 0 Å². The summed E-state index contributed by atoms with van der Waals surface area (Å²) in [6, 6.07) is 8.10. The summed E-state index contributed by atoms with van der Waals surface area (Å²) in [5.74, 6) is -4.01. The number of nitrogens with one attached hydrogen (secondary N) is 1. The lowest BCUT2D eigenvalue weighted by Crippen LogP contribution is -2.59. The largest absolute Gasteiger partial charge is 0.480 e. The fourth-order valence-corrected chi connectivity index (χ4v) is 4.34. The minimum absolute atomic E-state index is 0.221. The van der Waals surface area contributed by atoms with Gasteiger partial charge in [-0.1, -0.05) is 26.0 Å². The molecule has 2 fully saturated rings. The van der Waals surface area contributed by atoms with E-state index in [4.69, 9.17) is 5.26 Å².